The monoisotopic (exact) mass is 283 g/mol. The lowest BCUT2D eigenvalue weighted by atomic mass is 9.88. The molecule has 1 unspecified atom stereocenters. The van der Waals surface area contributed by atoms with Gasteiger partial charge in [0.25, 0.3) is 0 Å². The Morgan fingerprint density at radius 1 is 1.42 bits per heavy atom. The number of pyridine rings is 1. The summed E-state index contributed by atoms with van der Waals surface area (Å²) >= 11 is 0. The van der Waals surface area contributed by atoms with E-state index < -0.39 is 10.0 Å². The van der Waals surface area contributed by atoms with Crippen molar-refractivity contribution in [1.82, 2.24) is 9.71 Å². The van der Waals surface area contributed by atoms with Gasteiger partial charge in [-0.25, -0.2) is 13.1 Å². The first-order valence-electron chi connectivity index (χ1n) is 6.51. The molecule has 19 heavy (non-hydrogen) atoms. The van der Waals surface area contributed by atoms with Crippen LogP contribution in [0.3, 0.4) is 0 Å². The number of aromatic nitrogens is 1. The number of hydrogen-bond donors (Lipinski definition) is 2. The van der Waals surface area contributed by atoms with Gasteiger partial charge >= 0.3 is 0 Å². The summed E-state index contributed by atoms with van der Waals surface area (Å²) in [5.74, 6) is 0. The summed E-state index contributed by atoms with van der Waals surface area (Å²) in [6.07, 6.45) is 5.96. The molecular weight excluding hydrogens is 262 g/mol. The fraction of sp³-hybridized carbons (Fsp3) is 0.615. The average Bonchev–Trinajstić information content (AvgIpc) is 2.68. The van der Waals surface area contributed by atoms with Gasteiger partial charge in [-0.1, -0.05) is 20.3 Å². The Kier molecular flexibility index (Phi) is 3.82. The molecule has 0 aromatic carbocycles. The molecule has 0 saturated heterocycles. The van der Waals surface area contributed by atoms with Crippen molar-refractivity contribution >= 4 is 15.7 Å². The molecule has 1 aliphatic rings. The van der Waals surface area contributed by atoms with Gasteiger partial charge in [-0.15, -0.1) is 0 Å². The second-order valence-electron chi connectivity index (χ2n) is 5.68. The van der Waals surface area contributed by atoms with Crippen LogP contribution in [0.5, 0.6) is 0 Å². The average molecular weight is 283 g/mol. The van der Waals surface area contributed by atoms with E-state index in [1.165, 1.54) is 6.20 Å². The molecular formula is C13H21N3O2S. The molecule has 0 aliphatic heterocycles. The van der Waals surface area contributed by atoms with Crippen LogP contribution in [0.15, 0.2) is 23.4 Å². The van der Waals surface area contributed by atoms with Crippen LogP contribution in [0, 0.1) is 5.41 Å². The Morgan fingerprint density at radius 3 is 2.74 bits per heavy atom. The largest absolute Gasteiger partial charge is 0.387 e. The highest BCUT2D eigenvalue weighted by atomic mass is 32.2. The molecule has 2 rings (SSSR count). The van der Waals surface area contributed by atoms with Crippen LogP contribution in [0.4, 0.5) is 5.69 Å². The van der Waals surface area contributed by atoms with Gasteiger partial charge in [0.05, 0.1) is 5.69 Å². The Labute approximate surface area is 114 Å². The third-order valence-corrected chi connectivity index (χ3v) is 5.40. The van der Waals surface area contributed by atoms with E-state index in [1.807, 2.05) is 0 Å². The minimum Gasteiger partial charge on any atom is -0.387 e. The van der Waals surface area contributed by atoms with Gasteiger partial charge in [-0.2, -0.15) is 0 Å². The van der Waals surface area contributed by atoms with Crippen molar-refractivity contribution in [3.8, 4) is 0 Å². The smallest absolute Gasteiger partial charge is 0.244 e. The lowest BCUT2D eigenvalue weighted by Crippen LogP contribution is -2.41. The number of hydrogen-bond acceptors (Lipinski definition) is 4. The quantitative estimate of drug-likeness (QED) is 0.886. The maximum atomic E-state index is 12.5. The summed E-state index contributed by atoms with van der Waals surface area (Å²) in [6.45, 7) is 4.21. The van der Waals surface area contributed by atoms with E-state index in [-0.39, 0.29) is 16.4 Å². The number of rotatable bonds is 4. The summed E-state index contributed by atoms with van der Waals surface area (Å²) in [7, 11) is -1.83. The van der Waals surface area contributed by atoms with Crippen LogP contribution in [-0.4, -0.2) is 26.5 Å². The van der Waals surface area contributed by atoms with Gasteiger partial charge in [0.15, 0.2) is 0 Å². The second kappa shape index (κ2) is 5.09. The third-order valence-electron chi connectivity index (χ3n) is 3.90. The number of anilines is 1. The maximum Gasteiger partial charge on any atom is 0.244 e. The van der Waals surface area contributed by atoms with Crippen LogP contribution in [-0.2, 0) is 10.0 Å². The molecule has 1 aliphatic carbocycles. The predicted octanol–water partition coefficient (Wildman–Crippen LogP) is 1.98. The van der Waals surface area contributed by atoms with Crippen molar-refractivity contribution in [2.45, 2.75) is 44.0 Å². The lowest BCUT2D eigenvalue weighted by molar-refractivity contribution is 0.313. The molecule has 1 aromatic rings. The van der Waals surface area contributed by atoms with E-state index in [9.17, 15) is 8.42 Å². The topological polar surface area (TPSA) is 71.1 Å². The number of nitrogens with one attached hydrogen (secondary N) is 2. The summed E-state index contributed by atoms with van der Waals surface area (Å²) in [5, 5.41) is 2.89. The van der Waals surface area contributed by atoms with Crippen molar-refractivity contribution in [3.63, 3.8) is 0 Å². The van der Waals surface area contributed by atoms with Crippen molar-refractivity contribution in [2.24, 2.45) is 5.41 Å². The molecule has 0 spiro atoms. The van der Waals surface area contributed by atoms with E-state index in [4.69, 9.17) is 0 Å². The van der Waals surface area contributed by atoms with Crippen LogP contribution in [0.25, 0.3) is 0 Å². The van der Waals surface area contributed by atoms with E-state index in [2.05, 4.69) is 28.9 Å². The first-order valence-corrected chi connectivity index (χ1v) is 7.99. The van der Waals surface area contributed by atoms with Crippen LogP contribution < -0.4 is 10.0 Å². The van der Waals surface area contributed by atoms with Crippen molar-refractivity contribution < 1.29 is 8.42 Å². The molecule has 0 bridgehead atoms. The Bertz CT molecular complexity index is 555. The zero-order chi connectivity index (χ0) is 14.1. The van der Waals surface area contributed by atoms with Crippen molar-refractivity contribution in [3.05, 3.63) is 18.5 Å². The van der Waals surface area contributed by atoms with Gasteiger partial charge in [-0.05, 0) is 24.3 Å². The summed E-state index contributed by atoms with van der Waals surface area (Å²) in [4.78, 5) is 4.12. The normalized spacial score (nSPS) is 22.4. The van der Waals surface area contributed by atoms with E-state index in [0.29, 0.717) is 5.69 Å². The maximum absolute atomic E-state index is 12.5. The highest BCUT2D eigenvalue weighted by Crippen LogP contribution is 2.38. The van der Waals surface area contributed by atoms with Crippen molar-refractivity contribution in [2.75, 3.05) is 12.4 Å². The Balaban J connectivity index is 2.28. The zero-order valence-corrected chi connectivity index (χ0v) is 12.4. The molecule has 0 amide bonds. The zero-order valence-electron chi connectivity index (χ0n) is 11.6. The molecule has 1 fully saturated rings. The molecule has 6 heteroatoms. The number of sulfonamides is 1. The van der Waals surface area contributed by atoms with Gasteiger partial charge in [0.1, 0.15) is 4.90 Å². The van der Waals surface area contributed by atoms with Crippen LogP contribution >= 0.6 is 0 Å². The summed E-state index contributed by atoms with van der Waals surface area (Å²) < 4.78 is 27.8. The molecule has 1 heterocycles. The lowest BCUT2D eigenvalue weighted by Gasteiger charge is -2.27. The molecule has 1 atom stereocenters. The molecule has 0 radical (unpaired) electrons. The first kappa shape index (κ1) is 14.3. The van der Waals surface area contributed by atoms with Crippen molar-refractivity contribution in [1.29, 1.82) is 0 Å². The summed E-state index contributed by atoms with van der Waals surface area (Å²) in [6, 6.07) is 1.65. The minimum absolute atomic E-state index is 0.00901. The third kappa shape index (κ3) is 2.90. The van der Waals surface area contributed by atoms with Crippen LogP contribution in [0.2, 0.25) is 0 Å². The SMILES string of the molecule is CNc1ccncc1S(=O)(=O)NC1CCCC1(C)C. The first-order chi connectivity index (χ1) is 8.87. The highest BCUT2D eigenvalue weighted by Gasteiger charge is 2.37. The molecule has 106 valence electrons. The Morgan fingerprint density at radius 2 is 2.16 bits per heavy atom. The fourth-order valence-electron chi connectivity index (χ4n) is 2.60. The molecule has 1 aromatic heterocycles. The van der Waals surface area contributed by atoms with E-state index in [0.717, 1.165) is 19.3 Å². The van der Waals surface area contributed by atoms with Gasteiger partial charge in [0, 0.05) is 25.5 Å². The van der Waals surface area contributed by atoms with Gasteiger partial charge < -0.3 is 5.32 Å². The van der Waals surface area contributed by atoms with Gasteiger partial charge in [0.2, 0.25) is 10.0 Å². The number of nitrogens with zero attached hydrogens (tertiary/aromatic N) is 1. The fourth-order valence-corrected chi connectivity index (χ4v) is 4.19. The standard InChI is InChI=1S/C13H21N3O2S/c1-13(2)7-4-5-12(13)16-19(17,18)11-9-15-8-6-10(11)14-3/h6,8-9,12,16H,4-5,7H2,1-3H3,(H,14,15). The van der Waals surface area contributed by atoms with E-state index >= 15 is 0 Å². The summed E-state index contributed by atoms with van der Waals surface area (Å²) in [5.41, 5.74) is 0.577. The van der Waals surface area contributed by atoms with Crippen LogP contribution in [0.1, 0.15) is 33.1 Å². The molecule has 1 saturated carbocycles. The van der Waals surface area contributed by atoms with E-state index in [1.54, 1.807) is 19.3 Å². The Hall–Kier alpha value is -1.14. The second-order valence-corrected chi connectivity index (χ2v) is 7.36. The minimum atomic E-state index is -3.53. The highest BCUT2D eigenvalue weighted by molar-refractivity contribution is 7.89. The van der Waals surface area contributed by atoms with Gasteiger partial charge in [-0.3, -0.25) is 4.98 Å². The predicted molar refractivity (Wildman–Crippen MR) is 75.5 cm³/mol. The molecule has 2 N–H and O–H groups in total. The molecule has 5 nitrogen and oxygen atoms in total.